The number of ether oxygens (including phenoxy) is 1. The fraction of sp³-hybridized carbons (Fsp3) is 0.538. The maximum atomic E-state index is 13.0. The Labute approximate surface area is 110 Å². The van der Waals surface area contributed by atoms with Crippen LogP contribution in [-0.2, 0) is 11.2 Å². The van der Waals surface area contributed by atoms with Gasteiger partial charge in [0.25, 0.3) is 0 Å². The van der Waals surface area contributed by atoms with E-state index in [1.54, 1.807) is 0 Å². The van der Waals surface area contributed by atoms with E-state index in [2.05, 4.69) is 5.32 Å². The molecule has 0 atom stereocenters. The summed E-state index contributed by atoms with van der Waals surface area (Å²) in [6, 6.07) is 2.80. The third kappa shape index (κ3) is 4.19. The van der Waals surface area contributed by atoms with E-state index in [-0.39, 0.29) is 5.02 Å². The van der Waals surface area contributed by atoms with E-state index in [0.717, 1.165) is 18.7 Å². The third-order valence-corrected chi connectivity index (χ3v) is 3.21. The summed E-state index contributed by atoms with van der Waals surface area (Å²) in [6.45, 7) is 1.91. The fourth-order valence-electron chi connectivity index (χ4n) is 1.66. The highest BCUT2D eigenvalue weighted by Gasteiger charge is 2.19. The summed E-state index contributed by atoms with van der Waals surface area (Å²) in [5.41, 5.74) is 0.575. The van der Waals surface area contributed by atoms with Crippen LogP contribution in [0, 0.1) is 11.6 Å². The van der Waals surface area contributed by atoms with Crippen LogP contribution in [0.5, 0.6) is 0 Å². The standard InChI is InChI=1S/C13H16ClF2NO/c14-11-8-13(16)12(15)7-9(11)3-5-18-6-4-17-10-1-2-10/h7-8,10,17H,1-6H2. The van der Waals surface area contributed by atoms with Gasteiger partial charge in [0.15, 0.2) is 11.6 Å². The lowest BCUT2D eigenvalue weighted by atomic mass is 10.1. The Morgan fingerprint density at radius 3 is 2.67 bits per heavy atom. The molecule has 0 unspecified atom stereocenters. The van der Waals surface area contributed by atoms with Gasteiger partial charge in [0.05, 0.1) is 13.2 Å². The first-order valence-corrected chi connectivity index (χ1v) is 6.49. The molecule has 1 saturated carbocycles. The summed E-state index contributed by atoms with van der Waals surface area (Å²) in [5, 5.41) is 3.57. The van der Waals surface area contributed by atoms with Gasteiger partial charge in [0.1, 0.15) is 0 Å². The zero-order chi connectivity index (χ0) is 13.0. The van der Waals surface area contributed by atoms with Gasteiger partial charge in [-0.25, -0.2) is 8.78 Å². The van der Waals surface area contributed by atoms with Crippen molar-refractivity contribution in [2.45, 2.75) is 25.3 Å². The van der Waals surface area contributed by atoms with E-state index in [1.165, 1.54) is 12.8 Å². The fourth-order valence-corrected chi connectivity index (χ4v) is 1.91. The minimum atomic E-state index is -0.918. The van der Waals surface area contributed by atoms with Gasteiger partial charge in [0, 0.05) is 17.6 Å². The summed E-state index contributed by atoms with van der Waals surface area (Å²) in [7, 11) is 0. The average Bonchev–Trinajstić information content (AvgIpc) is 3.13. The highest BCUT2D eigenvalue weighted by atomic mass is 35.5. The molecule has 0 heterocycles. The van der Waals surface area contributed by atoms with Gasteiger partial charge in [-0.15, -0.1) is 0 Å². The van der Waals surface area contributed by atoms with Crippen molar-refractivity contribution in [2.75, 3.05) is 19.8 Å². The molecule has 100 valence electrons. The Morgan fingerprint density at radius 1 is 1.22 bits per heavy atom. The number of nitrogens with one attached hydrogen (secondary N) is 1. The molecule has 18 heavy (non-hydrogen) atoms. The molecule has 1 fully saturated rings. The van der Waals surface area contributed by atoms with Gasteiger partial charge in [-0.3, -0.25) is 0 Å². The van der Waals surface area contributed by atoms with Gasteiger partial charge >= 0.3 is 0 Å². The zero-order valence-electron chi connectivity index (χ0n) is 10.0. The van der Waals surface area contributed by atoms with Gasteiger partial charge in [0.2, 0.25) is 0 Å². The molecular weight excluding hydrogens is 260 g/mol. The van der Waals surface area contributed by atoms with Crippen molar-refractivity contribution in [1.82, 2.24) is 5.32 Å². The summed E-state index contributed by atoms with van der Waals surface area (Å²) in [6.07, 6.45) is 2.99. The molecule has 0 aromatic heterocycles. The molecule has 1 aliphatic rings. The molecule has 1 aromatic rings. The molecule has 0 aliphatic heterocycles. The van der Waals surface area contributed by atoms with Crippen LogP contribution in [0.4, 0.5) is 8.78 Å². The first-order valence-electron chi connectivity index (χ1n) is 6.11. The topological polar surface area (TPSA) is 21.3 Å². The number of hydrogen-bond donors (Lipinski definition) is 1. The molecule has 0 radical (unpaired) electrons. The predicted molar refractivity (Wildman–Crippen MR) is 66.9 cm³/mol. The van der Waals surface area contributed by atoms with Crippen molar-refractivity contribution in [3.63, 3.8) is 0 Å². The van der Waals surface area contributed by atoms with E-state index in [9.17, 15) is 8.78 Å². The first kappa shape index (κ1) is 13.7. The van der Waals surface area contributed by atoms with Gasteiger partial charge in [-0.05, 0) is 37.0 Å². The number of halogens is 3. The van der Waals surface area contributed by atoms with E-state index >= 15 is 0 Å². The van der Waals surface area contributed by atoms with Crippen molar-refractivity contribution < 1.29 is 13.5 Å². The minimum Gasteiger partial charge on any atom is -0.380 e. The molecule has 0 bridgehead atoms. The van der Waals surface area contributed by atoms with Crippen LogP contribution < -0.4 is 5.32 Å². The van der Waals surface area contributed by atoms with Crippen molar-refractivity contribution in [3.05, 3.63) is 34.4 Å². The molecule has 1 aliphatic carbocycles. The first-order chi connectivity index (χ1) is 8.66. The van der Waals surface area contributed by atoms with Crippen LogP contribution >= 0.6 is 11.6 Å². The molecular formula is C13H16ClF2NO. The molecule has 1 N–H and O–H groups in total. The number of benzene rings is 1. The predicted octanol–water partition coefficient (Wildman–Crippen LogP) is 2.93. The quantitative estimate of drug-likeness (QED) is 0.610. The van der Waals surface area contributed by atoms with E-state index in [0.29, 0.717) is 31.2 Å². The minimum absolute atomic E-state index is 0.244. The molecule has 0 spiro atoms. The Balaban J connectivity index is 1.67. The maximum absolute atomic E-state index is 13.0. The number of rotatable bonds is 7. The second-order valence-electron chi connectivity index (χ2n) is 4.45. The van der Waals surface area contributed by atoms with Crippen LogP contribution in [0.1, 0.15) is 18.4 Å². The van der Waals surface area contributed by atoms with Crippen LogP contribution in [0.25, 0.3) is 0 Å². The molecule has 2 nitrogen and oxygen atoms in total. The average molecular weight is 276 g/mol. The van der Waals surface area contributed by atoms with Crippen molar-refractivity contribution in [3.8, 4) is 0 Å². The normalized spacial score (nSPS) is 15.1. The van der Waals surface area contributed by atoms with Crippen molar-refractivity contribution >= 4 is 11.6 Å². The maximum Gasteiger partial charge on any atom is 0.160 e. The SMILES string of the molecule is Fc1cc(Cl)c(CCOCCNC2CC2)cc1F. The Bertz CT molecular complexity index is 410. The van der Waals surface area contributed by atoms with Crippen LogP contribution in [-0.4, -0.2) is 25.8 Å². The largest absolute Gasteiger partial charge is 0.380 e. The van der Waals surface area contributed by atoms with Gasteiger partial charge < -0.3 is 10.1 Å². The molecule has 1 aromatic carbocycles. The highest BCUT2D eigenvalue weighted by Crippen LogP contribution is 2.20. The van der Waals surface area contributed by atoms with Crippen LogP contribution in [0.3, 0.4) is 0 Å². The summed E-state index contributed by atoms with van der Waals surface area (Å²) in [4.78, 5) is 0. The summed E-state index contributed by atoms with van der Waals surface area (Å²) >= 11 is 5.82. The third-order valence-electron chi connectivity index (χ3n) is 2.86. The van der Waals surface area contributed by atoms with E-state index < -0.39 is 11.6 Å². The Morgan fingerprint density at radius 2 is 1.94 bits per heavy atom. The highest BCUT2D eigenvalue weighted by molar-refractivity contribution is 6.31. The molecule has 0 amide bonds. The van der Waals surface area contributed by atoms with Crippen molar-refractivity contribution in [2.24, 2.45) is 0 Å². The van der Waals surface area contributed by atoms with E-state index in [4.69, 9.17) is 16.3 Å². The lowest BCUT2D eigenvalue weighted by Crippen LogP contribution is -2.22. The second kappa shape index (κ2) is 6.45. The smallest absolute Gasteiger partial charge is 0.160 e. The second-order valence-corrected chi connectivity index (χ2v) is 4.86. The molecule has 0 saturated heterocycles. The van der Waals surface area contributed by atoms with Crippen LogP contribution in [0.15, 0.2) is 12.1 Å². The van der Waals surface area contributed by atoms with Gasteiger partial charge in [-0.2, -0.15) is 0 Å². The monoisotopic (exact) mass is 275 g/mol. The number of hydrogen-bond acceptors (Lipinski definition) is 2. The van der Waals surface area contributed by atoms with Gasteiger partial charge in [-0.1, -0.05) is 11.6 Å². The summed E-state index contributed by atoms with van der Waals surface area (Å²) in [5.74, 6) is -1.79. The Hall–Kier alpha value is -0.710. The van der Waals surface area contributed by atoms with E-state index in [1.807, 2.05) is 0 Å². The van der Waals surface area contributed by atoms with Crippen LogP contribution in [0.2, 0.25) is 5.02 Å². The summed E-state index contributed by atoms with van der Waals surface area (Å²) < 4.78 is 31.2. The zero-order valence-corrected chi connectivity index (χ0v) is 10.8. The van der Waals surface area contributed by atoms with Crippen molar-refractivity contribution in [1.29, 1.82) is 0 Å². The molecule has 5 heteroatoms. The Kier molecular flexibility index (Phi) is 4.92. The molecule has 2 rings (SSSR count). The lowest BCUT2D eigenvalue weighted by molar-refractivity contribution is 0.138. The lowest BCUT2D eigenvalue weighted by Gasteiger charge is -2.07.